The number of rotatable bonds is 3. The van der Waals surface area contributed by atoms with Gasteiger partial charge in [0, 0.05) is 32.4 Å². The Balaban J connectivity index is 1.96. The molecule has 1 fully saturated rings. The van der Waals surface area contributed by atoms with E-state index in [4.69, 9.17) is 5.73 Å². The molecule has 1 aromatic heterocycles. The first kappa shape index (κ1) is 10.8. The number of nitrogen functional groups attached to an aromatic ring is 1. The largest absolute Gasteiger partial charge is 0.384 e. The number of carbonyl (C=O) groups excluding carboxylic acids is 1. The third-order valence-electron chi connectivity index (χ3n) is 2.65. The Bertz CT molecular complexity index is 362. The highest BCUT2D eigenvalue weighted by atomic mass is 16.1. The minimum atomic E-state index is 0.486. The lowest BCUT2D eigenvalue weighted by Crippen LogP contribution is -2.47. The molecular weight excluding hydrogens is 206 g/mol. The quantitative estimate of drug-likeness (QED) is 0.686. The van der Waals surface area contributed by atoms with Crippen molar-refractivity contribution < 1.29 is 4.79 Å². The monoisotopic (exact) mass is 221 g/mol. The Morgan fingerprint density at radius 1 is 1.38 bits per heavy atom. The molecular formula is C10H15N5O. The molecule has 1 aliphatic heterocycles. The van der Waals surface area contributed by atoms with E-state index >= 15 is 0 Å². The Kier molecular flexibility index (Phi) is 3.31. The molecule has 0 amide bonds. The first-order valence-electron chi connectivity index (χ1n) is 5.29. The van der Waals surface area contributed by atoms with Gasteiger partial charge in [-0.3, -0.25) is 4.90 Å². The summed E-state index contributed by atoms with van der Waals surface area (Å²) >= 11 is 0. The minimum absolute atomic E-state index is 0.486. The fourth-order valence-electron chi connectivity index (χ4n) is 1.75. The highest BCUT2D eigenvalue weighted by molar-refractivity contribution is 5.52. The predicted octanol–water partition coefficient (Wildman–Crippen LogP) is -0.620. The first-order chi connectivity index (χ1) is 7.79. The summed E-state index contributed by atoms with van der Waals surface area (Å²) in [5, 5.41) is 0. The van der Waals surface area contributed by atoms with Crippen LogP contribution < -0.4 is 10.6 Å². The second-order valence-electron chi connectivity index (χ2n) is 3.74. The fourth-order valence-corrected chi connectivity index (χ4v) is 1.75. The third-order valence-corrected chi connectivity index (χ3v) is 2.65. The van der Waals surface area contributed by atoms with Crippen LogP contribution in [0.25, 0.3) is 0 Å². The van der Waals surface area contributed by atoms with Crippen molar-refractivity contribution in [1.29, 1.82) is 0 Å². The standard InChI is InChI=1S/C10H15N5O/c11-9-1-2-12-10(13-9)15-5-3-14(4-6-15)7-8-16/h1-2,8H,3-7H2,(H2,11,12,13). The van der Waals surface area contributed by atoms with Crippen molar-refractivity contribution in [2.24, 2.45) is 0 Å². The number of nitrogens with two attached hydrogens (primary N) is 1. The van der Waals surface area contributed by atoms with Crippen LogP contribution >= 0.6 is 0 Å². The van der Waals surface area contributed by atoms with Crippen LogP contribution in [-0.4, -0.2) is 53.9 Å². The highest BCUT2D eigenvalue weighted by Gasteiger charge is 2.18. The van der Waals surface area contributed by atoms with E-state index < -0.39 is 0 Å². The maximum Gasteiger partial charge on any atom is 0.227 e. The van der Waals surface area contributed by atoms with Crippen LogP contribution in [0.1, 0.15) is 0 Å². The Morgan fingerprint density at radius 2 is 2.12 bits per heavy atom. The van der Waals surface area contributed by atoms with Crippen molar-refractivity contribution in [2.75, 3.05) is 43.4 Å². The van der Waals surface area contributed by atoms with E-state index in [1.54, 1.807) is 12.3 Å². The van der Waals surface area contributed by atoms with Crippen molar-refractivity contribution in [2.45, 2.75) is 0 Å². The lowest BCUT2D eigenvalue weighted by atomic mass is 10.3. The van der Waals surface area contributed by atoms with Gasteiger partial charge >= 0.3 is 0 Å². The van der Waals surface area contributed by atoms with Crippen LogP contribution in [-0.2, 0) is 4.79 Å². The van der Waals surface area contributed by atoms with Crippen LogP contribution in [0, 0.1) is 0 Å². The molecule has 0 radical (unpaired) electrons. The van der Waals surface area contributed by atoms with E-state index in [0.29, 0.717) is 18.3 Å². The molecule has 0 bridgehead atoms. The molecule has 0 unspecified atom stereocenters. The summed E-state index contributed by atoms with van der Waals surface area (Å²) in [6.45, 7) is 3.88. The molecule has 6 heteroatoms. The molecule has 0 spiro atoms. The molecule has 2 rings (SSSR count). The number of carbonyl (C=O) groups is 1. The highest BCUT2D eigenvalue weighted by Crippen LogP contribution is 2.11. The van der Waals surface area contributed by atoms with Gasteiger partial charge in [0.25, 0.3) is 0 Å². The maximum absolute atomic E-state index is 10.4. The number of aldehydes is 1. The van der Waals surface area contributed by atoms with Gasteiger partial charge in [0.2, 0.25) is 5.95 Å². The van der Waals surface area contributed by atoms with Gasteiger partial charge in [-0.2, -0.15) is 4.98 Å². The second kappa shape index (κ2) is 4.89. The lowest BCUT2D eigenvalue weighted by molar-refractivity contribution is -0.108. The van der Waals surface area contributed by atoms with Crippen LogP contribution in [0.3, 0.4) is 0 Å². The Labute approximate surface area is 94.1 Å². The molecule has 2 N–H and O–H groups in total. The molecule has 6 nitrogen and oxygen atoms in total. The average molecular weight is 221 g/mol. The van der Waals surface area contributed by atoms with Crippen LogP contribution in [0.15, 0.2) is 12.3 Å². The van der Waals surface area contributed by atoms with E-state index in [0.717, 1.165) is 32.5 Å². The molecule has 2 heterocycles. The van der Waals surface area contributed by atoms with Crippen LogP contribution in [0.5, 0.6) is 0 Å². The maximum atomic E-state index is 10.4. The Hall–Kier alpha value is -1.69. The van der Waals surface area contributed by atoms with Crippen molar-refractivity contribution in [3.05, 3.63) is 12.3 Å². The summed E-state index contributed by atoms with van der Waals surface area (Å²) in [7, 11) is 0. The topological polar surface area (TPSA) is 75.3 Å². The SMILES string of the molecule is Nc1ccnc(N2CCN(CC=O)CC2)n1. The van der Waals surface area contributed by atoms with Crippen molar-refractivity contribution in [1.82, 2.24) is 14.9 Å². The van der Waals surface area contributed by atoms with Gasteiger partial charge in [0.15, 0.2) is 0 Å². The summed E-state index contributed by atoms with van der Waals surface area (Å²) in [5.74, 6) is 1.16. The smallest absolute Gasteiger partial charge is 0.227 e. The molecule has 0 atom stereocenters. The van der Waals surface area contributed by atoms with Gasteiger partial charge < -0.3 is 15.4 Å². The number of piperazine rings is 1. The minimum Gasteiger partial charge on any atom is -0.384 e. The zero-order valence-electron chi connectivity index (χ0n) is 9.04. The lowest BCUT2D eigenvalue weighted by Gasteiger charge is -2.33. The number of nitrogens with zero attached hydrogens (tertiary/aromatic N) is 4. The summed E-state index contributed by atoms with van der Waals surface area (Å²) in [6.07, 6.45) is 2.60. The van der Waals surface area contributed by atoms with E-state index in [-0.39, 0.29) is 0 Å². The molecule has 16 heavy (non-hydrogen) atoms. The average Bonchev–Trinajstić information content (AvgIpc) is 2.30. The van der Waals surface area contributed by atoms with Crippen LogP contribution in [0.2, 0.25) is 0 Å². The van der Waals surface area contributed by atoms with Crippen molar-refractivity contribution in [3.8, 4) is 0 Å². The zero-order valence-corrected chi connectivity index (χ0v) is 9.04. The summed E-state index contributed by atoms with van der Waals surface area (Å²) in [6, 6.07) is 1.67. The predicted molar refractivity (Wildman–Crippen MR) is 61.2 cm³/mol. The molecule has 1 aliphatic rings. The molecule has 0 aromatic carbocycles. The third kappa shape index (κ3) is 2.46. The van der Waals surface area contributed by atoms with Gasteiger partial charge in [0.1, 0.15) is 12.1 Å². The zero-order chi connectivity index (χ0) is 11.4. The molecule has 0 saturated carbocycles. The fraction of sp³-hybridized carbons (Fsp3) is 0.500. The van der Waals surface area contributed by atoms with Crippen LogP contribution in [0.4, 0.5) is 11.8 Å². The summed E-state index contributed by atoms with van der Waals surface area (Å²) in [4.78, 5) is 22.9. The number of hydrogen-bond donors (Lipinski definition) is 1. The van der Waals surface area contributed by atoms with Gasteiger partial charge in [-0.15, -0.1) is 0 Å². The van der Waals surface area contributed by atoms with Gasteiger partial charge in [-0.25, -0.2) is 4.98 Å². The number of hydrogen-bond acceptors (Lipinski definition) is 6. The number of aromatic nitrogens is 2. The first-order valence-corrected chi connectivity index (χ1v) is 5.29. The van der Waals surface area contributed by atoms with Crippen molar-refractivity contribution in [3.63, 3.8) is 0 Å². The van der Waals surface area contributed by atoms with Crippen molar-refractivity contribution >= 4 is 18.1 Å². The van der Waals surface area contributed by atoms with E-state index in [1.165, 1.54) is 0 Å². The molecule has 1 saturated heterocycles. The van der Waals surface area contributed by atoms with E-state index in [1.807, 2.05) is 0 Å². The summed E-state index contributed by atoms with van der Waals surface area (Å²) < 4.78 is 0. The number of anilines is 2. The second-order valence-corrected chi connectivity index (χ2v) is 3.74. The normalized spacial score (nSPS) is 17.4. The molecule has 86 valence electrons. The van der Waals surface area contributed by atoms with Gasteiger partial charge in [-0.05, 0) is 6.07 Å². The summed E-state index contributed by atoms with van der Waals surface area (Å²) in [5.41, 5.74) is 5.61. The van der Waals surface area contributed by atoms with Gasteiger partial charge in [-0.1, -0.05) is 0 Å². The van der Waals surface area contributed by atoms with Gasteiger partial charge in [0.05, 0.1) is 6.54 Å². The molecule has 0 aliphatic carbocycles. The molecule has 1 aromatic rings. The van der Waals surface area contributed by atoms with E-state index in [9.17, 15) is 4.79 Å². The Morgan fingerprint density at radius 3 is 2.75 bits per heavy atom. The van der Waals surface area contributed by atoms with E-state index in [2.05, 4.69) is 19.8 Å².